The SMILES string of the molecule is COc1c(F)cc(CC2CCCN2)cc1C#N. The Morgan fingerprint density at radius 1 is 1.59 bits per heavy atom. The summed E-state index contributed by atoms with van der Waals surface area (Å²) in [5.74, 6) is -0.421. The van der Waals surface area contributed by atoms with Gasteiger partial charge in [0, 0.05) is 6.04 Å². The van der Waals surface area contributed by atoms with Gasteiger partial charge in [0.25, 0.3) is 0 Å². The molecule has 3 nitrogen and oxygen atoms in total. The molecule has 4 heteroatoms. The lowest BCUT2D eigenvalue weighted by Gasteiger charge is -2.12. The van der Waals surface area contributed by atoms with E-state index in [1.807, 2.05) is 6.07 Å². The van der Waals surface area contributed by atoms with Crippen LogP contribution in [-0.4, -0.2) is 19.7 Å². The number of hydrogen-bond acceptors (Lipinski definition) is 3. The predicted molar refractivity (Wildman–Crippen MR) is 62.4 cm³/mol. The third-order valence-corrected chi connectivity index (χ3v) is 3.07. The summed E-state index contributed by atoms with van der Waals surface area (Å²) < 4.78 is 18.6. The standard InChI is InChI=1S/C13H15FN2O/c1-17-13-10(8-15)5-9(7-12(13)14)6-11-3-2-4-16-11/h5,7,11,16H,2-4,6H2,1H3. The normalized spacial score (nSPS) is 19.0. The van der Waals surface area contributed by atoms with Gasteiger partial charge >= 0.3 is 0 Å². The molecule has 2 rings (SSSR count). The molecule has 1 N–H and O–H groups in total. The summed E-state index contributed by atoms with van der Waals surface area (Å²) in [7, 11) is 1.37. The van der Waals surface area contributed by atoms with Crippen LogP contribution in [0.3, 0.4) is 0 Å². The summed E-state index contributed by atoms with van der Waals surface area (Å²) in [5.41, 5.74) is 1.11. The number of methoxy groups -OCH3 is 1. The van der Waals surface area contributed by atoms with Crippen LogP contribution in [0.4, 0.5) is 4.39 Å². The number of nitrogens with one attached hydrogen (secondary N) is 1. The first-order valence-electron chi connectivity index (χ1n) is 5.74. The van der Waals surface area contributed by atoms with E-state index in [9.17, 15) is 4.39 Å². The van der Waals surface area contributed by atoms with Gasteiger partial charge in [-0.15, -0.1) is 0 Å². The second kappa shape index (κ2) is 5.15. The van der Waals surface area contributed by atoms with Crippen LogP contribution in [0.25, 0.3) is 0 Å². The lowest BCUT2D eigenvalue weighted by atomic mass is 10.0. The first-order valence-corrected chi connectivity index (χ1v) is 5.74. The van der Waals surface area contributed by atoms with Crippen LogP contribution in [0.15, 0.2) is 12.1 Å². The summed E-state index contributed by atoms with van der Waals surface area (Å²) >= 11 is 0. The molecule has 1 aromatic carbocycles. The van der Waals surface area contributed by atoms with Crippen molar-refractivity contribution in [2.45, 2.75) is 25.3 Å². The van der Waals surface area contributed by atoms with Gasteiger partial charge in [-0.1, -0.05) is 0 Å². The summed E-state index contributed by atoms with van der Waals surface area (Å²) in [6.07, 6.45) is 3.03. The Morgan fingerprint density at radius 3 is 3.00 bits per heavy atom. The smallest absolute Gasteiger partial charge is 0.172 e. The van der Waals surface area contributed by atoms with Crippen LogP contribution in [0.1, 0.15) is 24.0 Å². The number of ether oxygens (including phenoxy) is 1. The highest BCUT2D eigenvalue weighted by Crippen LogP contribution is 2.25. The molecule has 0 radical (unpaired) electrons. The summed E-state index contributed by atoms with van der Waals surface area (Å²) in [4.78, 5) is 0. The van der Waals surface area contributed by atoms with E-state index in [1.165, 1.54) is 13.2 Å². The van der Waals surface area contributed by atoms with Crippen LogP contribution in [0.2, 0.25) is 0 Å². The molecular formula is C13H15FN2O. The zero-order valence-corrected chi connectivity index (χ0v) is 9.79. The van der Waals surface area contributed by atoms with Crippen molar-refractivity contribution < 1.29 is 9.13 Å². The second-order valence-corrected chi connectivity index (χ2v) is 4.27. The van der Waals surface area contributed by atoms with Gasteiger partial charge in [-0.25, -0.2) is 4.39 Å². The van der Waals surface area contributed by atoms with Gasteiger partial charge in [0.15, 0.2) is 11.6 Å². The molecule has 1 saturated heterocycles. The van der Waals surface area contributed by atoms with Gasteiger partial charge in [-0.05, 0) is 43.5 Å². The van der Waals surface area contributed by atoms with Crippen molar-refractivity contribution in [3.8, 4) is 11.8 Å². The van der Waals surface area contributed by atoms with Crippen molar-refractivity contribution in [3.05, 3.63) is 29.1 Å². The lowest BCUT2D eigenvalue weighted by molar-refractivity contribution is 0.384. The van der Waals surface area contributed by atoms with Crippen LogP contribution in [0.5, 0.6) is 5.75 Å². The van der Waals surface area contributed by atoms with Gasteiger partial charge in [0.1, 0.15) is 6.07 Å². The van der Waals surface area contributed by atoms with Gasteiger partial charge in [-0.2, -0.15) is 5.26 Å². The largest absolute Gasteiger partial charge is 0.492 e. The van der Waals surface area contributed by atoms with Crippen LogP contribution < -0.4 is 10.1 Å². The Labute approximate surface area is 100 Å². The maximum atomic E-state index is 13.7. The zero-order chi connectivity index (χ0) is 12.3. The van der Waals surface area contributed by atoms with Crippen molar-refractivity contribution in [2.24, 2.45) is 0 Å². The van der Waals surface area contributed by atoms with E-state index in [0.717, 1.165) is 31.4 Å². The number of hydrogen-bond donors (Lipinski definition) is 1. The minimum atomic E-state index is -0.459. The molecule has 0 amide bonds. The number of nitriles is 1. The fourth-order valence-electron chi connectivity index (χ4n) is 2.27. The van der Waals surface area contributed by atoms with E-state index in [4.69, 9.17) is 10.00 Å². The zero-order valence-electron chi connectivity index (χ0n) is 9.79. The number of benzene rings is 1. The molecule has 1 atom stereocenters. The van der Waals surface area contributed by atoms with Gasteiger partial charge in [0.05, 0.1) is 12.7 Å². The molecule has 0 bridgehead atoms. The fraction of sp³-hybridized carbons (Fsp3) is 0.462. The minimum absolute atomic E-state index is 0.0376. The number of rotatable bonds is 3. The molecule has 0 spiro atoms. The van der Waals surface area contributed by atoms with Crippen molar-refractivity contribution in [3.63, 3.8) is 0 Å². The molecule has 1 fully saturated rings. The molecule has 0 saturated carbocycles. The molecule has 1 aromatic rings. The predicted octanol–water partition coefficient (Wildman–Crippen LogP) is 2.00. The van der Waals surface area contributed by atoms with Crippen LogP contribution in [-0.2, 0) is 6.42 Å². The Hall–Kier alpha value is -1.60. The molecule has 0 aliphatic carbocycles. The Bertz CT molecular complexity index is 447. The van der Waals surface area contributed by atoms with Crippen molar-refractivity contribution in [2.75, 3.05) is 13.7 Å². The molecule has 17 heavy (non-hydrogen) atoms. The highest BCUT2D eigenvalue weighted by atomic mass is 19.1. The monoisotopic (exact) mass is 234 g/mol. The van der Waals surface area contributed by atoms with Crippen molar-refractivity contribution in [1.29, 1.82) is 5.26 Å². The maximum absolute atomic E-state index is 13.7. The van der Waals surface area contributed by atoms with E-state index in [2.05, 4.69) is 5.32 Å². The van der Waals surface area contributed by atoms with E-state index in [-0.39, 0.29) is 11.3 Å². The van der Waals surface area contributed by atoms with Gasteiger partial charge in [0.2, 0.25) is 0 Å². The number of nitrogens with zero attached hydrogens (tertiary/aromatic N) is 1. The van der Waals surface area contributed by atoms with E-state index < -0.39 is 5.82 Å². The molecule has 1 heterocycles. The lowest BCUT2D eigenvalue weighted by Crippen LogP contribution is -2.23. The molecule has 1 aliphatic rings. The molecule has 1 aliphatic heterocycles. The number of halogens is 1. The second-order valence-electron chi connectivity index (χ2n) is 4.27. The highest BCUT2D eigenvalue weighted by Gasteiger charge is 2.17. The average Bonchev–Trinajstić information content (AvgIpc) is 2.81. The first-order chi connectivity index (χ1) is 8.24. The topological polar surface area (TPSA) is 45.0 Å². The quantitative estimate of drug-likeness (QED) is 0.870. The van der Waals surface area contributed by atoms with Gasteiger partial charge < -0.3 is 10.1 Å². The highest BCUT2D eigenvalue weighted by molar-refractivity contribution is 5.46. The maximum Gasteiger partial charge on any atom is 0.172 e. The molecule has 90 valence electrons. The summed E-state index contributed by atoms with van der Waals surface area (Å²) in [5, 5.41) is 12.3. The molecule has 1 unspecified atom stereocenters. The first kappa shape index (κ1) is 11.9. The van der Waals surface area contributed by atoms with Crippen LogP contribution in [0, 0.1) is 17.1 Å². The molecule has 0 aromatic heterocycles. The van der Waals surface area contributed by atoms with Crippen molar-refractivity contribution >= 4 is 0 Å². The van der Waals surface area contributed by atoms with Crippen LogP contribution >= 0.6 is 0 Å². The molecular weight excluding hydrogens is 219 g/mol. The van der Waals surface area contributed by atoms with E-state index in [1.54, 1.807) is 6.07 Å². The Morgan fingerprint density at radius 2 is 2.41 bits per heavy atom. The summed E-state index contributed by atoms with van der Waals surface area (Å²) in [6.45, 7) is 1.02. The van der Waals surface area contributed by atoms with E-state index in [0.29, 0.717) is 6.04 Å². The fourth-order valence-corrected chi connectivity index (χ4v) is 2.27. The average molecular weight is 234 g/mol. The third-order valence-electron chi connectivity index (χ3n) is 3.07. The minimum Gasteiger partial charge on any atom is -0.492 e. The summed E-state index contributed by atoms with van der Waals surface area (Å²) in [6, 6.07) is 5.53. The third kappa shape index (κ3) is 2.56. The van der Waals surface area contributed by atoms with Gasteiger partial charge in [-0.3, -0.25) is 0 Å². The Kier molecular flexibility index (Phi) is 3.60. The van der Waals surface area contributed by atoms with E-state index >= 15 is 0 Å². The Balaban J connectivity index is 2.23. The van der Waals surface area contributed by atoms with Crippen molar-refractivity contribution in [1.82, 2.24) is 5.32 Å².